The third kappa shape index (κ3) is 8.83. The fourth-order valence-corrected chi connectivity index (χ4v) is 2.60. The molecule has 3 heteroatoms. The van der Waals surface area contributed by atoms with E-state index in [0.717, 1.165) is 26.1 Å². The van der Waals surface area contributed by atoms with Crippen molar-refractivity contribution in [3.8, 4) is 0 Å². The van der Waals surface area contributed by atoms with Crippen molar-refractivity contribution in [2.24, 2.45) is 0 Å². The van der Waals surface area contributed by atoms with Gasteiger partial charge in [-0.3, -0.25) is 0 Å². The summed E-state index contributed by atoms with van der Waals surface area (Å²) in [5, 5.41) is 0. The number of methoxy groups -OCH3 is 2. The van der Waals surface area contributed by atoms with E-state index in [9.17, 15) is 0 Å². The van der Waals surface area contributed by atoms with Crippen molar-refractivity contribution in [1.29, 1.82) is 0 Å². The Labute approximate surface area is 163 Å². The lowest BCUT2D eigenvalue weighted by molar-refractivity contribution is 0.195. The second-order valence-electron chi connectivity index (χ2n) is 6.31. The number of hydrogen-bond donors (Lipinski definition) is 0. The van der Waals surface area contributed by atoms with E-state index in [-0.39, 0.29) is 0 Å². The van der Waals surface area contributed by atoms with Gasteiger partial charge in [-0.25, -0.2) is 0 Å². The van der Waals surface area contributed by atoms with Crippen LogP contribution >= 0.6 is 0 Å². The Balaban J connectivity index is 1.64. The summed E-state index contributed by atoms with van der Waals surface area (Å²) in [5.74, 6) is 0. The first kappa shape index (κ1) is 21.1. The van der Waals surface area contributed by atoms with E-state index >= 15 is 0 Å². The van der Waals surface area contributed by atoms with Crippen LogP contribution in [0.1, 0.15) is 22.3 Å². The molecule has 2 rings (SSSR count). The molecule has 0 fully saturated rings. The fourth-order valence-electron chi connectivity index (χ4n) is 2.60. The summed E-state index contributed by atoms with van der Waals surface area (Å²) in [6.45, 7) is 2.72. The van der Waals surface area contributed by atoms with Gasteiger partial charge in [0.2, 0.25) is 0 Å². The molecule has 0 radical (unpaired) electrons. The van der Waals surface area contributed by atoms with Crippen LogP contribution in [0.4, 0.5) is 0 Å². The van der Waals surface area contributed by atoms with Crippen molar-refractivity contribution >= 4 is 12.2 Å². The quantitative estimate of drug-likeness (QED) is 0.505. The summed E-state index contributed by atoms with van der Waals surface area (Å²) in [6, 6.07) is 17.1. The lowest BCUT2D eigenvalue weighted by Crippen LogP contribution is -1.94. The van der Waals surface area contributed by atoms with Gasteiger partial charge in [-0.1, -0.05) is 72.8 Å². The highest BCUT2D eigenvalue weighted by atomic mass is 16.5. The SMILES string of the molecule is COCCc1ccc(/C=C/COC/C=C/c2ccc(CCOC)cc2)cc1. The van der Waals surface area contributed by atoms with Crippen LogP contribution in [0.5, 0.6) is 0 Å². The summed E-state index contributed by atoms with van der Waals surface area (Å²) in [7, 11) is 3.46. The zero-order valence-electron chi connectivity index (χ0n) is 16.4. The molecular weight excluding hydrogens is 336 g/mol. The standard InChI is InChI=1S/C24H30O3/c1-25-19-15-23-11-7-21(8-12-23)5-3-17-27-18-4-6-22-9-13-24(14-10-22)16-20-26-2/h3-14H,15-20H2,1-2H3/b5-3+,6-4+. The Hall–Kier alpha value is -2.20. The van der Waals surface area contributed by atoms with Gasteiger partial charge in [0, 0.05) is 14.2 Å². The van der Waals surface area contributed by atoms with Crippen LogP contribution in [0.2, 0.25) is 0 Å². The topological polar surface area (TPSA) is 27.7 Å². The minimum Gasteiger partial charge on any atom is -0.384 e. The maximum Gasteiger partial charge on any atom is 0.0655 e. The van der Waals surface area contributed by atoms with Gasteiger partial charge in [-0.2, -0.15) is 0 Å². The average Bonchev–Trinajstić information content (AvgIpc) is 2.71. The van der Waals surface area contributed by atoms with Gasteiger partial charge in [0.15, 0.2) is 0 Å². The predicted molar refractivity (Wildman–Crippen MR) is 113 cm³/mol. The van der Waals surface area contributed by atoms with Crippen LogP contribution in [-0.4, -0.2) is 40.6 Å². The van der Waals surface area contributed by atoms with Crippen molar-refractivity contribution in [3.63, 3.8) is 0 Å². The highest BCUT2D eigenvalue weighted by molar-refractivity contribution is 5.50. The number of ether oxygens (including phenoxy) is 3. The van der Waals surface area contributed by atoms with Crippen molar-refractivity contribution in [2.75, 3.05) is 40.6 Å². The van der Waals surface area contributed by atoms with Crippen LogP contribution in [-0.2, 0) is 27.1 Å². The molecular formula is C24H30O3. The van der Waals surface area contributed by atoms with Crippen LogP contribution < -0.4 is 0 Å². The number of benzene rings is 2. The maximum atomic E-state index is 5.62. The molecule has 0 saturated carbocycles. The largest absolute Gasteiger partial charge is 0.384 e. The van der Waals surface area contributed by atoms with Crippen LogP contribution in [0, 0.1) is 0 Å². The predicted octanol–water partition coefficient (Wildman–Crippen LogP) is 4.81. The summed E-state index contributed by atoms with van der Waals surface area (Å²) in [5.41, 5.74) is 4.96. The van der Waals surface area contributed by atoms with Crippen molar-refractivity contribution < 1.29 is 14.2 Å². The van der Waals surface area contributed by atoms with E-state index in [1.165, 1.54) is 22.3 Å². The molecule has 0 spiro atoms. The molecule has 0 N–H and O–H groups in total. The molecule has 2 aromatic rings. The van der Waals surface area contributed by atoms with Gasteiger partial charge in [-0.05, 0) is 35.1 Å². The Morgan fingerprint density at radius 1 is 0.630 bits per heavy atom. The first-order chi connectivity index (χ1) is 13.3. The third-order valence-corrected chi connectivity index (χ3v) is 4.20. The van der Waals surface area contributed by atoms with E-state index in [4.69, 9.17) is 14.2 Å². The number of rotatable bonds is 12. The first-order valence-corrected chi connectivity index (χ1v) is 9.38. The lowest BCUT2D eigenvalue weighted by atomic mass is 10.1. The molecule has 27 heavy (non-hydrogen) atoms. The van der Waals surface area contributed by atoms with Crippen molar-refractivity contribution in [3.05, 3.63) is 82.9 Å². The summed E-state index contributed by atoms with van der Waals surface area (Å²) in [6.07, 6.45) is 10.2. The third-order valence-electron chi connectivity index (χ3n) is 4.20. The summed E-state index contributed by atoms with van der Waals surface area (Å²) >= 11 is 0. The molecule has 0 amide bonds. The molecule has 0 atom stereocenters. The van der Waals surface area contributed by atoms with E-state index < -0.39 is 0 Å². The second-order valence-corrected chi connectivity index (χ2v) is 6.31. The molecule has 0 aliphatic carbocycles. The Bertz CT molecular complexity index is 623. The highest BCUT2D eigenvalue weighted by Crippen LogP contribution is 2.08. The van der Waals surface area contributed by atoms with Crippen LogP contribution in [0.3, 0.4) is 0 Å². The average molecular weight is 367 g/mol. The molecule has 2 aromatic carbocycles. The Morgan fingerprint density at radius 2 is 1.04 bits per heavy atom. The monoisotopic (exact) mass is 366 g/mol. The van der Waals surface area contributed by atoms with E-state index in [1.54, 1.807) is 14.2 Å². The molecule has 0 aromatic heterocycles. The fraction of sp³-hybridized carbons (Fsp3) is 0.333. The second kappa shape index (κ2) is 13.0. The molecule has 0 bridgehead atoms. The molecule has 0 unspecified atom stereocenters. The van der Waals surface area contributed by atoms with Crippen LogP contribution in [0.25, 0.3) is 12.2 Å². The Kier molecular flexibility index (Phi) is 10.2. The molecule has 0 aliphatic rings. The number of hydrogen-bond acceptors (Lipinski definition) is 3. The molecule has 0 aliphatic heterocycles. The van der Waals surface area contributed by atoms with Gasteiger partial charge >= 0.3 is 0 Å². The minimum atomic E-state index is 0.603. The summed E-state index contributed by atoms with van der Waals surface area (Å²) in [4.78, 5) is 0. The zero-order chi connectivity index (χ0) is 19.2. The smallest absolute Gasteiger partial charge is 0.0655 e. The zero-order valence-corrected chi connectivity index (χ0v) is 16.4. The van der Waals surface area contributed by atoms with Crippen molar-refractivity contribution in [1.82, 2.24) is 0 Å². The highest BCUT2D eigenvalue weighted by Gasteiger charge is 1.93. The van der Waals surface area contributed by atoms with Crippen molar-refractivity contribution in [2.45, 2.75) is 12.8 Å². The van der Waals surface area contributed by atoms with Gasteiger partial charge in [-0.15, -0.1) is 0 Å². The van der Waals surface area contributed by atoms with Gasteiger partial charge in [0.05, 0.1) is 26.4 Å². The van der Waals surface area contributed by atoms with E-state index in [2.05, 4.69) is 60.7 Å². The molecule has 144 valence electrons. The lowest BCUT2D eigenvalue weighted by Gasteiger charge is -2.01. The van der Waals surface area contributed by atoms with Crippen LogP contribution in [0.15, 0.2) is 60.7 Å². The summed E-state index contributed by atoms with van der Waals surface area (Å²) < 4.78 is 15.8. The Morgan fingerprint density at radius 3 is 1.41 bits per heavy atom. The first-order valence-electron chi connectivity index (χ1n) is 9.38. The van der Waals surface area contributed by atoms with E-state index in [0.29, 0.717) is 13.2 Å². The molecule has 0 heterocycles. The molecule has 3 nitrogen and oxygen atoms in total. The maximum absolute atomic E-state index is 5.62. The van der Waals surface area contributed by atoms with Gasteiger partial charge < -0.3 is 14.2 Å². The van der Waals surface area contributed by atoms with Gasteiger partial charge in [0.1, 0.15) is 0 Å². The van der Waals surface area contributed by atoms with Gasteiger partial charge in [0.25, 0.3) is 0 Å². The minimum absolute atomic E-state index is 0.603. The van der Waals surface area contributed by atoms with E-state index in [1.807, 2.05) is 12.2 Å². The normalized spacial score (nSPS) is 11.6. The molecule has 0 saturated heterocycles.